The van der Waals surface area contributed by atoms with E-state index in [0.29, 0.717) is 16.3 Å². The first-order valence-corrected chi connectivity index (χ1v) is 7.82. The molecule has 0 fully saturated rings. The average Bonchev–Trinajstić information content (AvgIpc) is 3.04. The molecule has 0 amide bonds. The number of benzene rings is 2. The van der Waals surface area contributed by atoms with E-state index in [9.17, 15) is 4.79 Å². The van der Waals surface area contributed by atoms with Gasteiger partial charge in [-0.15, -0.1) is 0 Å². The standard InChI is InChI=1S/C19H14ClNO/c20-13-9-10-17-16(11-13)14-7-4-8-15(14)18(21-17)19(22)12-5-2-1-3-6-12/h1-3,5-6,9-11H,4,7-8H2. The van der Waals surface area contributed by atoms with Gasteiger partial charge >= 0.3 is 0 Å². The van der Waals surface area contributed by atoms with Gasteiger partial charge in [-0.25, -0.2) is 4.98 Å². The summed E-state index contributed by atoms with van der Waals surface area (Å²) in [7, 11) is 0. The highest BCUT2D eigenvalue weighted by molar-refractivity contribution is 6.31. The third-order valence-electron chi connectivity index (χ3n) is 4.27. The maximum atomic E-state index is 12.8. The minimum atomic E-state index is 0.00981. The van der Waals surface area contributed by atoms with Gasteiger partial charge in [0.2, 0.25) is 5.78 Å². The van der Waals surface area contributed by atoms with E-state index in [2.05, 4.69) is 4.98 Å². The third-order valence-corrected chi connectivity index (χ3v) is 4.51. The molecule has 0 radical (unpaired) electrons. The van der Waals surface area contributed by atoms with Crippen LogP contribution in [0.2, 0.25) is 5.02 Å². The summed E-state index contributed by atoms with van der Waals surface area (Å²) in [5.41, 5.74) is 4.49. The molecule has 0 saturated carbocycles. The van der Waals surface area contributed by atoms with E-state index in [1.54, 1.807) is 0 Å². The van der Waals surface area contributed by atoms with Crippen molar-refractivity contribution < 1.29 is 4.79 Å². The van der Waals surface area contributed by atoms with Gasteiger partial charge in [-0.05, 0) is 48.6 Å². The molecule has 1 heterocycles. The summed E-state index contributed by atoms with van der Waals surface area (Å²) >= 11 is 6.12. The molecular weight excluding hydrogens is 294 g/mol. The molecule has 1 aliphatic carbocycles. The van der Waals surface area contributed by atoms with E-state index in [1.807, 2.05) is 48.5 Å². The van der Waals surface area contributed by atoms with Gasteiger partial charge < -0.3 is 0 Å². The smallest absolute Gasteiger partial charge is 0.211 e. The zero-order valence-corrected chi connectivity index (χ0v) is 12.7. The molecule has 0 unspecified atom stereocenters. The first-order chi connectivity index (χ1) is 10.7. The highest BCUT2D eigenvalue weighted by Crippen LogP contribution is 2.33. The van der Waals surface area contributed by atoms with E-state index in [-0.39, 0.29) is 5.78 Å². The molecule has 4 rings (SSSR count). The molecule has 3 heteroatoms. The van der Waals surface area contributed by atoms with Crippen LogP contribution < -0.4 is 0 Å². The fourth-order valence-electron chi connectivity index (χ4n) is 3.25. The Morgan fingerprint density at radius 1 is 1.00 bits per heavy atom. The van der Waals surface area contributed by atoms with E-state index in [4.69, 9.17) is 11.6 Å². The number of fused-ring (bicyclic) bond motifs is 3. The van der Waals surface area contributed by atoms with E-state index in [0.717, 1.165) is 35.7 Å². The summed E-state index contributed by atoms with van der Waals surface area (Å²) in [4.78, 5) is 17.5. The fourth-order valence-corrected chi connectivity index (χ4v) is 3.42. The Labute approximate surface area is 133 Å². The van der Waals surface area contributed by atoms with Crippen LogP contribution in [0.5, 0.6) is 0 Å². The Kier molecular flexibility index (Phi) is 3.20. The molecular formula is C19H14ClNO. The summed E-state index contributed by atoms with van der Waals surface area (Å²) in [6.45, 7) is 0. The number of aryl methyl sites for hydroxylation is 1. The van der Waals surface area contributed by atoms with Crippen LogP contribution in [0, 0.1) is 0 Å². The minimum Gasteiger partial charge on any atom is -0.287 e. The first kappa shape index (κ1) is 13.5. The number of aromatic nitrogens is 1. The number of ketones is 1. The van der Waals surface area contributed by atoms with Crippen molar-refractivity contribution in [3.63, 3.8) is 0 Å². The summed E-state index contributed by atoms with van der Waals surface area (Å²) in [6.07, 6.45) is 2.97. The lowest BCUT2D eigenvalue weighted by molar-refractivity contribution is 0.103. The van der Waals surface area contributed by atoms with Crippen molar-refractivity contribution in [2.24, 2.45) is 0 Å². The number of nitrogens with zero attached hydrogens (tertiary/aromatic N) is 1. The maximum Gasteiger partial charge on any atom is 0.211 e. The maximum absolute atomic E-state index is 12.8. The molecule has 1 aromatic heterocycles. The Morgan fingerprint density at radius 3 is 2.59 bits per heavy atom. The van der Waals surface area contributed by atoms with Gasteiger partial charge in [0.05, 0.1) is 5.52 Å². The lowest BCUT2D eigenvalue weighted by atomic mass is 9.98. The normalized spacial score (nSPS) is 13.3. The van der Waals surface area contributed by atoms with Gasteiger partial charge in [0.1, 0.15) is 5.69 Å². The number of pyridine rings is 1. The number of hydrogen-bond acceptors (Lipinski definition) is 2. The monoisotopic (exact) mass is 307 g/mol. The van der Waals surface area contributed by atoms with E-state index >= 15 is 0 Å². The van der Waals surface area contributed by atoms with Crippen molar-refractivity contribution >= 4 is 28.3 Å². The summed E-state index contributed by atoms with van der Waals surface area (Å²) in [6, 6.07) is 15.1. The van der Waals surface area contributed by atoms with Gasteiger partial charge in [0, 0.05) is 16.0 Å². The Balaban J connectivity index is 1.96. The van der Waals surface area contributed by atoms with Crippen LogP contribution in [0.1, 0.15) is 33.6 Å². The molecule has 0 saturated heterocycles. The van der Waals surface area contributed by atoms with Crippen LogP contribution >= 0.6 is 11.6 Å². The molecule has 0 bridgehead atoms. The molecule has 0 aliphatic heterocycles. The number of rotatable bonds is 2. The van der Waals surface area contributed by atoms with Crippen molar-refractivity contribution in [3.8, 4) is 0 Å². The van der Waals surface area contributed by atoms with Crippen LogP contribution in [0.4, 0.5) is 0 Å². The summed E-state index contributed by atoms with van der Waals surface area (Å²) in [5.74, 6) is 0.00981. The highest BCUT2D eigenvalue weighted by Gasteiger charge is 2.24. The van der Waals surface area contributed by atoms with Gasteiger partial charge in [-0.2, -0.15) is 0 Å². The molecule has 2 aromatic carbocycles. The van der Waals surface area contributed by atoms with Crippen LogP contribution in [0.25, 0.3) is 10.9 Å². The van der Waals surface area contributed by atoms with Gasteiger partial charge in [0.15, 0.2) is 0 Å². The van der Waals surface area contributed by atoms with Gasteiger partial charge in [0.25, 0.3) is 0 Å². The molecule has 0 N–H and O–H groups in total. The van der Waals surface area contributed by atoms with E-state index < -0.39 is 0 Å². The number of carbonyl (C=O) groups is 1. The molecule has 108 valence electrons. The Morgan fingerprint density at radius 2 is 1.77 bits per heavy atom. The lowest BCUT2D eigenvalue weighted by Gasteiger charge is -2.11. The predicted molar refractivity (Wildman–Crippen MR) is 88.7 cm³/mol. The van der Waals surface area contributed by atoms with Crippen molar-refractivity contribution in [1.82, 2.24) is 4.98 Å². The Bertz CT molecular complexity index is 887. The number of halogens is 1. The lowest BCUT2D eigenvalue weighted by Crippen LogP contribution is -2.09. The fraction of sp³-hybridized carbons (Fsp3) is 0.158. The van der Waals surface area contributed by atoms with Gasteiger partial charge in [-0.1, -0.05) is 41.9 Å². The summed E-state index contributed by atoms with van der Waals surface area (Å²) in [5, 5.41) is 1.80. The second kappa shape index (κ2) is 5.22. The van der Waals surface area contributed by atoms with E-state index in [1.165, 1.54) is 5.56 Å². The third kappa shape index (κ3) is 2.11. The highest BCUT2D eigenvalue weighted by atomic mass is 35.5. The molecule has 22 heavy (non-hydrogen) atoms. The van der Waals surface area contributed by atoms with Crippen LogP contribution in [-0.4, -0.2) is 10.8 Å². The van der Waals surface area contributed by atoms with Crippen LogP contribution in [0.3, 0.4) is 0 Å². The van der Waals surface area contributed by atoms with Crippen LogP contribution in [0.15, 0.2) is 48.5 Å². The molecule has 1 aliphatic rings. The second-order valence-corrected chi connectivity index (χ2v) is 6.06. The predicted octanol–water partition coefficient (Wildman–Crippen LogP) is 4.61. The second-order valence-electron chi connectivity index (χ2n) is 5.63. The SMILES string of the molecule is O=C(c1ccccc1)c1nc2ccc(Cl)cc2c2c1CCC2. The van der Waals surface area contributed by atoms with Gasteiger partial charge in [-0.3, -0.25) is 4.79 Å². The van der Waals surface area contributed by atoms with Crippen molar-refractivity contribution in [1.29, 1.82) is 0 Å². The van der Waals surface area contributed by atoms with Crippen molar-refractivity contribution in [2.45, 2.75) is 19.3 Å². The minimum absolute atomic E-state index is 0.00981. The van der Waals surface area contributed by atoms with Crippen molar-refractivity contribution in [2.75, 3.05) is 0 Å². The Hall–Kier alpha value is -2.19. The molecule has 0 atom stereocenters. The number of hydrogen-bond donors (Lipinski definition) is 0. The summed E-state index contributed by atoms with van der Waals surface area (Å²) < 4.78 is 0. The zero-order valence-electron chi connectivity index (χ0n) is 12.0. The number of carbonyl (C=O) groups excluding carboxylic acids is 1. The quantitative estimate of drug-likeness (QED) is 0.647. The molecule has 3 aromatic rings. The zero-order chi connectivity index (χ0) is 15.1. The molecule has 2 nitrogen and oxygen atoms in total. The largest absolute Gasteiger partial charge is 0.287 e. The van der Waals surface area contributed by atoms with Crippen LogP contribution in [-0.2, 0) is 12.8 Å². The average molecular weight is 308 g/mol. The van der Waals surface area contributed by atoms with Crippen molar-refractivity contribution in [3.05, 3.63) is 75.9 Å². The topological polar surface area (TPSA) is 30.0 Å². The molecule has 0 spiro atoms. The first-order valence-electron chi connectivity index (χ1n) is 7.45.